The van der Waals surface area contributed by atoms with Gasteiger partial charge in [-0.2, -0.15) is 0 Å². The van der Waals surface area contributed by atoms with Crippen LogP contribution in [0.15, 0.2) is 24.3 Å². The molecule has 0 aromatic heterocycles. The number of β-amino-alcohol motifs (C(OH)–C–C–N with tert-alkyl or cyclic N) is 1. The summed E-state index contributed by atoms with van der Waals surface area (Å²) in [6.45, 7) is 3.62. The summed E-state index contributed by atoms with van der Waals surface area (Å²) in [5.41, 5.74) is 1.39. The van der Waals surface area contributed by atoms with Crippen molar-refractivity contribution in [3.05, 3.63) is 35.4 Å². The highest BCUT2D eigenvalue weighted by atomic mass is 16.4. The summed E-state index contributed by atoms with van der Waals surface area (Å²) in [6, 6.07) is 7.41. The van der Waals surface area contributed by atoms with Gasteiger partial charge in [-0.05, 0) is 37.5 Å². The molecular formula is C14H19NO3. The molecule has 0 amide bonds. The van der Waals surface area contributed by atoms with E-state index < -0.39 is 5.97 Å². The summed E-state index contributed by atoms with van der Waals surface area (Å²) in [6.07, 6.45) is 1.64. The number of carboxylic acids is 1. The third-order valence-corrected chi connectivity index (χ3v) is 3.57. The van der Waals surface area contributed by atoms with Crippen LogP contribution in [0.1, 0.15) is 35.7 Å². The molecule has 4 nitrogen and oxygen atoms in total. The molecule has 2 N–H and O–H groups in total. The van der Waals surface area contributed by atoms with Crippen molar-refractivity contribution in [2.45, 2.75) is 38.5 Å². The van der Waals surface area contributed by atoms with Gasteiger partial charge >= 0.3 is 5.97 Å². The summed E-state index contributed by atoms with van der Waals surface area (Å²) < 4.78 is 0. The van der Waals surface area contributed by atoms with Crippen LogP contribution in [0, 0.1) is 0 Å². The molecule has 1 aliphatic heterocycles. The number of aliphatic hydroxyl groups is 1. The summed E-state index contributed by atoms with van der Waals surface area (Å²) in [4.78, 5) is 13.0. The first-order valence-electron chi connectivity index (χ1n) is 6.30. The van der Waals surface area contributed by atoms with E-state index in [9.17, 15) is 9.90 Å². The van der Waals surface area contributed by atoms with Crippen molar-refractivity contribution in [1.29, 1.82) is 0 Å². The number of nitrogens with zero attached hydrogens (tertiary/aromatic N) is 1. The van der Waals surface area contributed by atoms with Crippen LogP contribution in [0.4, 0.5) is 0 Å². The molecule has 0 saturated carbocycles. The second-order valence-electron chi connectivity index (χ2n) is 5.01. The van der Waals surface area contributed by atoms with E-state index in [-0.39, 0.29) is 6.10 Å². The first kappa shape index (κ1) is 13.1. The maximum atomic E-state index is 10.8. The minimum atomic E-state index is -0.900. The van der Waals surface area contributed by atoms with E-state index in [1.165, 1.54) is 0 Å². The number of aliphatic hydroxyl groups excluding tert-OH is 1. The first-order chi connectivity index (χ1) is 8.56. The molecule has 2 atom stereocenters. The normalized spacial score (nSPS) is 25.0. The van der Waals surface area contributed by atoms with Crippen molar-refractivity contribution in [3.8, 4) is 0 Å². The standard InChI is InChI=1S/C14H19NO3/c1-10-2-7-13(16)9-15(10)8-11-3-5-12(6-4-11)14(17)18/h3-6,10,13,16H,2,7-9H2,1H3,(H,17,18)/t10-,13-/m1/s1. The number of carbonyl (C=O) groups is 1. The Morgan fingerprint density at radius 3 is 2.61 bits per heavy atom. The molecule has 1 aromatic rings. The van der Waals surface area contributed by atoms with E-state index in [1.807, 2.05) is 12.1 Å². The Bertz CT molecular complexity index is 416. The molecule has 0 aliphatic carbocycles. The van der Waals surface area contributed by atoms with E-state index in [0.29, 0.717) is 18.2 Å². The van der Waals surface area contributed by atoms with Crippen LogP contribution in [-0.2, 0) is 6.54 Å². The molecule has 1 heterocycles. The van der Waals surface area contributed by atoms with E-state index in [1.54, 1.807) is 12.1 Å². The summed E-state index contributed by atoms with van der Waals surface area (Å²) in [7, 11) is 0. The minimum Gasteiger partial charge on any atom is -0.478 e. The summed E-state index contributed by atoms with van der Waals surface area (Å²) in [5, 5.41) is 18.5. The zero-order chi connectivity index (χ0) is 13.1. The zero-order valence-corrected chi connectivity index (χ0v) is 10.5. The van der Waals surface area contributed by atoms with Crippen molar-refractivity contribution in [1.82, 2.24) is 4.90 Å². The maximum Gasteiger partial charge on any atom is 0.335 e. The minimum absolute atomic E-state index is 0.237. The third kappa shape index (κ3) is 3.09. The molecule has 1 fully saturated rings. The average molecular weight is 249 g/mol. The lowest BCUT2D eigenvalue weighted by atomic mass is 10.0. The molecule has 0 spiro atoms. The number of hydrogen-bond donors (Lipinski definition) is 2. The van der Waals surface area contributed by atoms with Crippen molar-refractivity contribution in [3.63, 3.8) is 0 Å². The fourth-order valence-corrected chi connectivity index (χ4v) is 2.37. The average Bonchev–Trinajstić information content (AvgIpc) is 2.34. The van der Waals surface area contributed by atoms with E-state index >= 15 is 0 Å². The van der Waals surface area contributed by atoms with Gasteiger partial charge in [0.1, 0.15) is 0 Å². The van der Waals surface area contributed by atoms with Crippen molar-refractivity contribution < 1.29 is 15.0 Å². The number of likely N-dealkylation sites (tertiary alicyclic amines) is 1. The number of rotatable bonds is 3. The topological polar surface area (TPSA) is 60.8 Å². The second-order valence-corrected chi connectivity index (χ2v) is 5.01. The molecule has 1 aliphatic rings. The molecular weight excluding hydrogens is 230 g/mol. The van der Waals surface area contributed by atoms with Gasteiger partial charge in [-0.25, -0.2) is 4.79 Å². The predicted molar refractivity (Wildman–Crippen MR) is 68.5 cm³/mol. The van der Waals surface area contributed by atoms with Gasteiger partial charge in [0.2, 0.25) is 0 Å². The molecule has 18 heavy (non-hydrogen) atoms. The van der Waals surface area contributed by atoms with Crippen molar-refractivity contribution in [2.24, 2.45) is 0 Å². The molecule has 4 heteroatoms. The SMILES string of the molecule is C[C@@H]1CC[C@@H](O)CN1Cc1ccc(C(=O)O)cc1. The summed E-state index contributed by atoms with van der Waals surface area (Å²) >= 11 is 0. The van der Waals surface area contributed by atoms with E-state index in [4.69, 9.17) is 5.11 Å². The molecule has 0 bridgehead atoms. The van der Waals surface area contributed by atoms with Crippen LogP contribution < -0.4 is 0 Å². The first-order valence-corrected chi connectivity index (χ1v) is 6.30. The molecule has 1 aromatic carbocycles. The largest absolute Gasteiger partial charge is 0.478 e. The Hall–Kier alpha value is -1.39. The van der Waals surface area contributed by atoms with Gasteiger partial charge in [0, 0.05) is 19.1 Å². The molecule has 0 radical (unpaired) electrons. The number of carboxylic acid groups (broad SMARTS) is 1. The number of benzene rings is 1. The molecule has 2 rings (SSSR count). The Balaban J connectivity index is 2.02. The lowest BCUT2D eigenvalue weighted by Gasteiger charge is -2.36. The van der Waals surface area contributed by atoms with Crippen LogP contribution in [0.5, 0.6) is 0 Å². The summed E-state index contributed by atoms with van der Waals surface area (Å²) in [5.74, 6) is -0.900. The molecule has 0 unspecified atom stereocenters. The van der Waals surface area contributed by atoms with Gasteiger partial charge < -0.3 is 10.2 Å². The monoisotopic (exact) mass is 249 g/mol. The van der Waals surface area contributed by atoms with Gasteiger partial charge in [-0.3, -0.25) is 4.90 Å². The fourth-order valence-electron chi connectivity index (χ4n) is 2.37. The Morgan fingerprint density at radius 2 is 2.00 bits per heavy atom. The van der Waals surface area contributed by atoms with Crippen molar-refractivity contribution in [2.75, 3.05) is 6.54 Å². The molecule has 1 saturated heterocycles. The van der Waals surface area contributed by atoms with Crippen LogP contribution in [0.25, 0.3) is 0 Å². The second kappa shape index (κ2) is 5.50. The number of aromatic carboxylic acids is 1. The van der Waals surface area contributed by atoms with Gasteiger partial charge in [0.05, 0.1) is 11.7 Å². The Kier molecular flexibility index (Phi) is 3.99. The highest BCUT2D eigenvalue weighted by Crippen LogP contribution is 2.19. The van der Waals surface area contributed by atoms with E-state index in [2.05, 4.69) is 11.8 Å². The molecule has 98 valence electrons. The van der Waals surface area contributed by atoms with Crippen LogP contribution in [0.3, 0.4) is 0 Å². The maximum absolute atomic E-state index is 10.8. The lowest BCUT2D eigenvalue weighted by molar-refractivity contribution is 0.0365. The highest BCUT2D eigenvalue weighted by Gasteiger charge is 2.23. The van der Waals surface area contributed by atoms with Crippen LogP contribution in [0.2, 0.25) is 0 Å². The zero-order valence-electron chi connectivity index (χ0n) is 10.5. The number of piperidine rings is 1. The van der Waals surface area contributed by atoms with Gasteiger partial charge in [0.25, 0.3) is 0 Å². The quantitative estimate of drug-likeness (QED) is 0.856. The Morgan fingerprint density at radius 1 is 1.33 bits per heavy atom. The number of hydrogen-bond acceptors (Lipinski definition) is 3. The van der Waals surface area contributed by atoms with Crippen molar-refractivity contribution >= 4 is 5.97 Å². The van der Waals surface area contributed by atoms with Crippen LogP contribution in [-0.4, -0.2) is 39.8 Å². The predicted octanol–water partition coefficient (Wildman–Crippen LogP) is 1.73. The smallest absolute Gasteiger partial charge is 0.335 e. The highest BCUT2D eigenvalue weighted by molar-refractivity contribution is 5.87. The van der Waals surface area contributed by atoms with Crippen LogP contribution >= 0.6 is 0 Å². The Labute approximate surface area is 107 Å². The van der Waals surface area contributed by atoms with Gasteiger partial charge in [0.15, 0.2) is 0 Å². The van der Waals surface area contributed by atoms with Gasteiger partial charge in [-0.15, -0.1) is 0 Å². The van der Waals surface area contributed by atoms with E-state index in [0.717, 1.165) is 24.9 Å². The lowest BCUT2D eigenvalue weighted by Crippen LogP contribution is -2.43. The fraction of sp³-hybridized carbons (Fsp3) is 0.500. The van der Waals surface area contributed by atoms with Gasteiger partial charge in [-0.1, -0.05) is 12.1 Å². The third-order valence-electron chi connectivity index (χ3n) is 3.57.